The molecular weight excluding hydrogens is 248 g/mol. The number of para-hydroxylation sites is 1. The molecule has 0 unspecified atom stereocenters. The molecule has 0 spiro atoms. The summed E-state index contributed by atoms with van der Waals surface area (Å²) in [5.74, 6) is 1.32. The molecule has 1 aromatic heterocycles. The van der Waals surface area contributed by atoms with Crippen LogP contribution in [-0.2, 0) is 6.42 Å². The van der Waals surface area contributed by atoms with Crippen molar-refractivity contribution in [1.29, 1.82) is 0 Å². The van der Waals surface area contributed by atoms with Gasteiger partial charge in [-0.1, -0.05) is 48.5 Å². The molecule has 0 radical (unpaired) electrons. The Morgan fingerprint density at radius 2 is 1.40 bits per heavy atom. The lowest BCUT2D eigenvalue weighted by molar-refractivity contribution is 0.453. The number of hydrogen-bond donors (Lipinski definition) is 0. The number of aromatic nitrogens is 2. The van der Waals surface area contributed by atoms with Gasteiger partial charge in [0.25, 0.3) is 0 Å². The maximum atomic E-state index is 5.81. The van der Waals surface area contributed by atoms with Crippen LogP contribution in [0.2, 0.25) is 0 Å². The first-order valence-corrected chi connectivity index (χ1v) is 6.48. The Balaban J connectivity index is 1.85. The number of rotatable bonds is 4. The van der Waals surface area contributed by atoms with Crippen LogP contribution >= 0.6 is 0 Å². The third kappa shape index (κ3) is 3.01. The van der Waals surface area contributed by atoms with Crippen molar-refractivity contribution >= 4 is 0 Å². The second-order valence-electron chi connectivity index (χ2n) is 4.39. The minimum atomic E-state index is 0.558. The molecule has 0 saturated heterocycles. The quantitative estimate of drug-likeness (QED) is 0.716. The van der Waals surface area contributed by atoms with Crippen LogP contribution in [-0.4, -0.2) is 9.97 Å². The maximum absolute atomic E-state index is 5.81. The van der Waals surface area contributed by atoms with Gasteiger partial charge in [0.15, 0.2) is 0 Å². The number of hydrogen-bond acceptors (Lipinski definition) is 3. The van der Waals surface area contributed by atoms with Crippen molar-refractivity contribution < 1.29 is 4.74 Å². The molecule has 20 heavy (non-hydrogen) atoms. The zero-order valence-electron chi connectivity index (χ0n) is 10.9. The molecule has 0 N–H and O–H groups in total. The van der Waals surface area contributed by atoms with Crippen LogP contribution in [0.1, 0.15) is 11.3 Å². The highest BCUT2D eigenvalue weighted by Crippen LogP contribution is 2.22. The average Bonchev–Trinajstić information content (AvgIpc) is 2.51. The molecule has 0 aliphatic carbocycles. The summed E-state index contributed by atoms with van der Waals surface area (Å²) in [7, 11) is 0. The summed E-state index contributed by atoms with van der Waals surface area (Å²) < 4.78 is 5.81. The van der Waals surface area contributed by atoms with Gasteiger partial charge in [0, 0.05) is 18.8 Å². The average molecular weight is 262 g/mol. The SMILES string of the molecule is c1ccc(Cc2nccnc2Oc2ccccc2)cc1. The van der Waals surface area contributed by atoms with Crippen molar-refractivity contribution in [3.63, 3.8) is 0 Å². The van der Waals surface area contributed by atoms with E-state index in [4.69, 9.17) is 4.74 Å². The largest absolute Gasteiger partial charge is 0.437 e. The molecule has 3 aromatic rings. The topological polar surface area (TPSA) is 35.0 Å². The Labute approximate surface area is 117 Å². The molecule has 0 atom stereocenters. The van der Waals surface area contributed by atoms with Crippen LogP contribution in [0.4, 0.5) is 0 Å². The lowest BCUT2D eigenvalue weighted by atomic mass is 10.1. The van der Waals surface area contributed by atoms with Gasteiger partial charge < -0.3 is 4.74 Å². The van der Waals surface area contributed by atoms with Crippen molar-refractivity contribution in [2.45, 2.75) is 6.42 Å². The summed E-state index contributed by atoms with van der Waals surface area (Å²) in [5, 5.41) is 0. The Bertz CT molecular complexity index is 608. The fraction of sp³-hybridized carbons (Fsp3) is 0.0588. The van der Waals surface area contributed by atoms with Crippen LogP contribution in [0.25, 0.3) is 0 Å². The molecular formula is C17H14N2O. The van der Waals surface area contributed by atoms with E-state index in [-0.39, 0.29) is 0 Å². The van der Waals surface area contributed by atoms with E-state index < -0.39 is 0 Å². The van der Waals surface area contributed by atoms with Crippen LogP contribution in [0.15, 0.2) is 73.1 Å². The molecule has 3 nitrogen and oxygen atoms in total. The smallest absolute Gasteiger partial charge is 0.241 e. The molecule has 2 aromatic carbocycles. The highest BCUT2D eigenvalue weighted by Gasteiger charge is 2.08. The zero-order chi connectivity index (χ0) is 13.6. The minimum absolute atomic E-state index is 0.558. The molecule has 0 amide bonds. The van der Waals surface area contributed by atoms with E-state index >= 15 is 0 Å². The van der Waals surface area contributed by atoms with Gasteiger partial charge in [0.1, 0.15) is 11.4 Å². The Morgan fingerprint density at radius 3 is 2.15 bits per heavy atom. The van der Waals surface area contributed by atoms with Crippen molar-refractivity contribution in [3.8, 4) is 11.6 Å². The van der Waals surface area contributed by atoms with E-state index in [2.05, 4.69) is 22.1 Å². The van der Waals surface area contributed by atoms with Gasteiger partial charge in [-0.3, -0.25) is 4.98 Å². The third-order valence-electron chi connectivity index (χ3n) is 2.91. The van der Waals surface area contributed by atoms with Crippen LogP contribution < -0.4 is 4.74 Å². The summed E-state index contributed by atoms with van der Waals surface area (Å²) in [6.07, 6.45) is 4.04. The summed E-state index contributed by atoms with van der Waals surface area (Å²) in [6.45, 7) is 0. The predicted octanol–water partition coefficient (Wildman–Crippen LogP) is 3.86. The van der Waals surface area contributed by atoms with Gasteiger partial charge >= 0.3 is 0 Å². The third-order valence-corrected chi connectivity index (χ3v) is 2.91. The van der Waals surface area contributed by atoms with Gasteiger partial charge in [0.2, 0.25) is 5.88 Å². The van der Waals surface area contributed by atoms with Gasteiger partial charge in [-0.05, 0) is 17.7 Å². The van der Waals surface area contributed by atoms with Gasteiger partial charge in [-0.2, -0.15) is 0 Å². The fourth-order valence-electron chi connectivity index (χ4n) is 1.95. The number of nitrogens with zero attached hydrogens (tertiary/aromatic N) is 2. The molecule has 0 aliphatic rings. The second-order valence-corrected chi connectivity index (χ2v) is 4.39. The number of benzene rings is 2. The lowest BCUT2D eigenvalue weighted by Gasteiger charge is -2.08. The second kappa shape index (κ2) is 5.97. The van der Waals surface area contributed by atoms with E-state index in [1.165, 1.54) is 5.56 Å². The molecule has 1 heterocycles. The molecule has 3 heteroatoms. The molecule has 0 saturated carbocycles. The predicted molar refractivity (Wildman–Crippen MR) is 77.8 cm³/mol. The van der Waals surface area contributed by atoms with Crippen LogP contribution in [0.5, 0.6) is 11.6 Å². The Kier molecular flexibility index (Phi) is 3.69. The first-order chi connectivity index (χ1) is 9.92. The molecule has 0 bridgehead atoms. The van der Waals surface area contributed by atoms with Crippen molar-refractivity contribution in [2.24, 2.45) is 0 Å². The molecule has 98 valence electrons. The van der Waals surface area contributed by atoms with Crippen molar-refractivity contribution in [1.82, 2.24) is 9.97 Å². The summed E-state index contributed by atoms with van der Waals surface area (Å²) in [5.41, 5.74) is 2.02. The van der Waals surface area contributed by atoms with E-state index in [1.54, 1.807) is 12.4 Å². The van der Waals surface area contributed by atoms with E-state index in [9.17, 15) is 0 Å². The molecule has 0 aliphatic heterocycles. The first kappa shape index (κ1) is 12.4. The van der Waals surface area contributed by atoms with Crippen LogP contribution in [0.3, 0.4) is 0 Å². The monoisotopic (exact) mass is 262 g/mol. The number of ether oxygens (including phenoxy) is 1. The van der Waals surface area contributed by atoms with Gasteiger partial charge in [-0.15, -0.1) is 0 Å². The summed E-state index contributed by atoms with van der Waals surface area (Å²) in [4.78, 5) is 8.67. The van der Waals surface area contributed by atoms with Crippen molar-refractivity contribution in [2.75, 3.05) is 0 Å². The van der Waals surface area contributed by atoms with Gasteiger partial charge in [0.05, 0.1) is 0 Å². The Morgan fingerprint density at radius 1 is 0.750 bits per heavy atom. The standard InChI is InChI=1S/C17H14N2O/c1-3-7-14(8-4-1)13-16-17(19-12-11-18-16)20-15-9-5-2-6-10-15/h1-12H,13H2. The van der Waals surface area contributed by atoms with Crippen LogP contribution in [0, 0.1) is 0 Å². The van der Waals surface area contributed by atoms with Crippen molar-refractivity contribution in [3.05, 3.63) is 84.3 Å². The highest BCUT2D eigenvalue weighted by atomic mass is 16.5. The lowest BCUT2D eigenvalue weighted by Crippen LogP contribution is -1.98. The summed E-state index contributed by atoms with van der Waals surface area (Å²) in [6, 6.07) is 19.8. The minimum Gasteiger partial charge on any atom is -0.437 e. The summed E-state index contributed by atoms with van der Waals surface area (Å²) >= 11 is 0. The van der Waals surface area contributed by atoms with E-state index in [0.29, 0.717) is 12.3 Å². The Hall–Kier alpha value is -2.68. The van der Waals surface area contributed by atoms with E-state index in [0.717, 1.165) is 11.4 Å². The highest BCUT2D eigenvalue weighted by molar-refractivity contribution is 5.31. The molecule has 0 fully saturated rings. The normalized spacial score (nSPS) is 10.2. The van der Waals surface area contributed by atoms with E-state index in [1.807, 2.05) is 48.5 Å². The van der Waals surface area contributed by atoms with Gasteiger partial charge in [-0.25, -0.2) is 4.98 Å². The zero-order valence-corrected chi connectivity index (χ0v) is 10.9. The fourth-order valence-corrected chi connectivity index (χ4v) is 1.95. The maximum Gasteiger partial charge on any atom is 0.241 e. The molecule has 3 rings (SSSR count). The first-order valence-electron chi connectivity index (χ1n) is 6.48.